The molecule has 2 N–H and O–H groups in total. The molecule has 0 saturated heterocycles. The lowest BCUT2D eigenvalue weighted by atomic mass is 10.1. The van der Waals surface area contributed by atoms with Crippen LogP contribution in [0.1, 0.15) is 33.3 Å². The number of benzene rings is 1. The van der Waals surface area contributed by atoms with Gasteiger partial charge in [-0.25, -0.2) is 4.79 Å². The topological polar surface area (TPSA) is 67.8 Å². The molecule has 0 aromatic heterocycles. The molecule has 0 fully saturated rings. The maximum absolute atomic E-state index is 11.7. The Labute approximate surface area is 131 Å². The monoisotopic (exact) mass is 307 g/mol. The number of aliphatic hydroxyl groups excluding tert-OH is 1. The summed E-state index contributed by atoms with van der Waals surface area (Å²) in [5, 5.41) is 11.6. The lowest BCUT2D eigenvalue weighted by Crippen LogP contribution is -2.36. The van der Waals surface area contributed by atoms with Crippen molar-refractivity contribution in [1.29, 1.82) is 0 Å². The molecule has 0 spiro atoms. The number of carbonyl (C=O) groups excluding carboxylic acids is 1. The van der Waals surface area contributed by atoms with E-state index in [0.29, 0.717) is 5.75 Å². The third-order valence-corrected chi connectivity index (χ3v) is 2.58. The smallest absolute Gasteiger partial charge is 0.408 e. The highest BCUT2D eigenvalue weighted by Crippen LogP contribution is 2.19. The highest BCUT2D eigenvalue weighted by Gasteiger charge is 2.16. The first kappa shape index (κ1) is 18.0. The Morgan fingerprint density at radius 2 is 2.05 bits per heavy atom. The van der Waals surface area contributed by atoms with Crippen LogP contribution in [0.4, 0.5) is 4.79 Å². The molecule has 1 atom stereocenters. The van der Waals surface area contributed by atoms with Gasteiger partial charge in [0.15, 0.2) is 0 Å². The molecule has 0 heterocycles. The van der Waals surface area contributed by atoms with Crippen LogP contribution in [0.5, 0.6) is 5.75 Å². The van der Waals surface area contributed by atoms with Crippen LogP contribution in [-0.2, 0) is 4.74 Å². The van der Waals surface area contributed by atoms with Crippen molar-refractivity contribution in [2.24, 2.45) is 0 Å². The zero-order valence-corrected chi connectivity index (χ0v) is 13.6. The predicted octanol–water partition coefficient (Wildman–Crippen LogP) is 2.98. The Morgan fingerprint density at radius 3 is 2.68 bits per heavy atom. The lowest BCUT2D eigenvalue weighted by molar-refractivity contribution is 0.0518. The van der Waals surface area contributed by atoms with Crippen LogP contribution in [0, 0.1) is 0 Å². The van der Waals surface area contributed by atoms with Crippen LogP contribution in [0.3, 0.4) is 0 Å². The Hall–Kier alpha value is -2.01. The van der Waals surface area contributed by atoms with Crippen LogP contribution in [-0.4, -0.2) is 36.1 Å². The third-order valence-electron chi connectivity index (χ3n) is 2.58. The zero-order chi connectivity index (χ0) is 16.6. The van der Waals surface area contributed by atoms with Gasteiger partial charge in [0.1, 0.15) is 18.0 Å². The molecule has 0 saturated carbocycles. The second kappa shape index (κ2) is 8.44. The molecular weight excluding hydrogens is 282 g/mol. The van der Waals surface area contributed by atoms with E-state index in [9.17, 15) is 4.79 Å². The van der Waals surface area contributed by atoms with Crippen molar-refractivity contribution in [3.63, 3.8) is 0 Å². The molecule has 0 aliphatic rings. The van der Waals surface area contributed by atoms with Crippen LogP contribution in [0.25, 0.3) is 6.08 Å². The predicted molar refractivity (Wildman–Crippen MR) is 86.9 cm³/mol. The molecule has 122 valence electrons. The zero-order valence-electron chi connectivity index (χ0n) is 13.6. The Kier molecular flexibility index (Phi) is 6.92. The molecule has 5 nitrogen and oxygen atoms in total. The highest BCUT2D eigenvalue weighted by molar-refractivity contribution is 5.69. The molecular formula is C17H25NO4. The van der Waals surface area contributed by atoms with Crippen molar-refractivity contribution < 1.29 is 19.4 Å². The number of aliphatic hydroxyl groups is 1. The van der Waals surface area contributed by atoms with Crippen molar-refractivity contribution in [2.45, 2.75) is 39.3 Å². The number of alkyl carbamates (subject to hydrolysis) is 1. The summed E-state index contributed by atoms with van der Waals surface area (Å²) in [4.78, 5) is 11.7. The molecule has 1 amide bonds. The minimum atomic E-state index is -0.516. The average molecular weight is 307 g/mol. The first-order valence-corrected chi connectivity index (χ1v) is 7.32. The quantitative estimate of drug-likeness (QED) is 0.848. The van der Waals surface area contributed by atoms with Crippen LogP contribution >= 0.6 is 0 Å². The molecule has 1 aromatic rings. The van der Waals surface area contributed by atoms with Crippen molar-refractivity contribution in [3.05, 3.63) is 35.9 Å². The summed E-state index contributed by atoms with van der Waals surface area (Å²) < 4.78 is 10.7. The van der Waals surface area contributed by atoms with Gasteiger partial charge in [0, 0.05) is 11.6 Å². The van der Waals surface area contributed by atoms with Gasteiger partial charge in [-0.2, -0.15) is 0 Å². The van der Waals surface area contributed by atoms with Gasteiger partial charge >= 0.3 is 6.09 Å². The van der Waals surface area contributed by atoms with Gasteiger partial charge in [-0.1, -0.05) is 30.4 Å². The molecule has 0 aliphatic heterocycles. The number of ether oxygens (including phenoxy) is 2. The van der Waals surface area contributed by atoms with Crippen LogP contribution in [0.15, 0.2) is 30.3 Å². The second-order valence-corrected chi connectivity index (χ2v) is 5.90. The van der Waals surface area contributed by atoms with Gasteiger partial charge in [-0.05, 0) is 33.8 Å². The molecule has 0 unspecified atom stereocenters. The Morgan fingerprint density at radius 1 is 1.36 bits per heavy atom. The number of amides is 1. The van der Waals surface area contributed by atoms with Crippen molar-refractivity contribution in [1.82, 2.24) is 5.32 Å². The van der Waals surface area contributed by atoms with Crippen LogP contribution in [0.2, 0.25) is 0 Å². The van der Waals surface area contributed by atoms with Crippen LogP contribution < -0.4 is 10.1 Å². The number of carbonyl (C=O) groups is 1. The molecule has 1 rings (SSSR count). The number of rotatable bonds is 6. The van der Waals surface area contributed by atoms with Gasteiger partial charge in [-0.15, -0.1) is 0 Å². The second-order valence-electron chi connectivity index (χ2n) is 5.90. The largest absolute Gasteiger partial charge is 0.491 e. The fourth-order valence-electron chi connectivity index (χ4n) is 1.69. The summed E-state index contributed by atoms with van der Waals surface area (Å²) in [5.74, 6) is 0.692. The maximum atomic E-state index is 11.7. The van der Waals surface area contributed by atoms with E-state index in [1.165, 1.54) is 0 Å². The molecule has 0 bridgehead atoms. The number of nitrogens with one attached hydrogen (secondary N) is 1. The summed E-state index contributed by atoms with van der Waals surface area (Å²) in [6.45, 7) is 7.54. The van der Waals surface area contributed by atoms with Gasteiger partial charge in [0.25, 0.3) is 0 Å². The lowest BCUT2D eigenvalue weighted by Gasteiger charge is -2.21. The van der Waals surface area contributed by atoms with E-state index in [-0.39, 0.29) is 19.3 Å². The summed E-state index contributed by atoms with van der Waals surface area (Å²) in [6.07, 6.45) is 3.27. The SMILES string of the molecule is C[C@H](C=Cc1ccccc1OCCO)NC(=O)OC(C)(C)C. The first-order valence-electron chi connectivity index (χ1n) is 7.32. The fourth-order valence-corrected chi connectivity index (χ4v) is 1.69. The number of para-hydroxylation sites is 1. The Balaban J connectivity index is 2.62. The fraction of sp³-hybridized carbons (Fsp3) is 0.471. The molecule has 1 aromatic carbocycles. The van der Waals surface area contributed by atoms with Crippen molar-refractivity contribution in [3.8, 4) is 5.75 Å². The molecule has 22 heavy (non-hydrogen) atoms. The van der Waals surface area contributed by atoms with Gasteiger partial charge in [0.05, 0.1) is 6.61 Å². The average Bonchev–Trinajstić information content (AvgIpc) is 2.41. The number of hydrogen-bond donors (Lipinski definition) is 2. The summed E-state index contributed by atoms with van der Waals surface area (Å²) in [5.41, 5.74) is 0.368. The van der Waals surface area contributed by atoms with E-state index in [1.54, 1.807) is 0 Å². The van der Waals surface area contributed by atoms with E-state index in [0.717, 1.165) is 5.56 Å². The summed E-state index contributed by atoms with van der Waals surface area (Å²) in [6, 6.07) is 7.33. The highest BCUT2D eigenvalue weighted by atomic mass is 16.6. The number of hydrogen-bond acceptors (Lipinski definition) is 4. The van der Waals surface area contributed by atoms with E-state index in [2.05, 4.69) is 5.32 Å². The summed E-state index contributed by atoms with van der Waals surface area (Å²) in [7, 11) is 0. The van der Waals surface area contributed by atoms with E-state index in [4.69, 9.17) is 14.6 Å². The van der Waals surface area contributed by atoms with Crippen molar-refractivity contribution in [2.75, 3.05) is 13.2 Å². The minimum absolute atomic E-state index is 0.0331. The van der Waals surface area contributed by atoms with E-state index >= 15 is 0 Å². The molecule has 0 aliphatic carbocycles. The van der Waals surface area contributed by atoms with Gasteiger partial charge in [0.2, 0.25) is 0 Å². The van der Waals surface area contributed by atoms with Gasteiger partial charge < -0.3 is 19.9 Å². The standard InChI is InChI=1S/C17H25NO4/c1-13(18-16(20)22-17(2,3)4)9-10-14-7-5-6-8-15(14)21-12-11-19/h5-10,13,19H,11-12H2,1-4H3,(H,18,20)/t13-/m1/s1. The minimum Gasteiger partial charge on any atom is -0.491 e. The summed E-state index contributed by atoms with van der Waals surface area (Å²) >= 11 is 0. The van der Waals surface area contributed by atoms with Gasteiger partial charge in [-0.3, -0.25) is 0 Å². The van der Waals surface area contributed by atoms with E-state index < -0.39 is 11.7 Å². The molecule has 5 heteroatoms. The maximum Gasteiger partial charge on any atom is 0.408 e. The molecule has 0 radical (unpaired) electrons. The normalized spacial score (nSPS) is 13.0. The van der Waals surface area contributed by atoms with E-state index in [1.807, 2.05) is 64.1 Å². The third kappa shape index (κ3) is 7.13. The van der Waals surface area contributed by atoms with Crippen molar-refractivity contribution >= 4 is 12.2 Å². The first-order chi connectivity index (χ1) is 10.3. The Bertz CT molecular complexity index is 506.